The molecule has 7 nitrogen and oxygen atoms in total. The van der Waals surface area contributed by atoms with Crippen LogP contribution >= 0.6 is 0 Å². The lowest BCUT2D eigenvalue weighted by atomic mass is 9.99. The smallest absolute Gasteiger partial charge is 0.255 e. The van der Waals surface area contributed by atoms with Crippen molar-refractivity contribution in [3.8, 4) is 17.2 Å². The first-order valence-corrected chi connectivity index (χ1v) is 11.8. The molecule has 1 heterocycles. The van der Waals surface area contributed by atoms with Crippen LogP contribution in [0.1, 0.15) is 33.8 Å². The number of anilines is 1. The molecule has 1 N–H and O–H groups in total. The molecule has 1 aliphatic heterocycles. The van der Waals surface area contributed by atoms with Gasteiger partial charge in [0.15, 0.2) is 11.5 Å². The number of nitrogens with one attached hydrogen (secondary N) is 1. The number of carbonyl (C=O) groups excluding carboxylic acids is 2. The Bertz CT molecular complexity index is 1230. The molecule has 1 atom stereocenters. The van der Waals surface area contributed by atoms with Crippen molar-refractivity contribution in [3.63, 3.8) is 0 Å². The molecule has 186 valence electrons. The maximum absolute atomic E-state index is 13.3. The molecule has 4 rings (SSSR count). The molecule has 1 saturated heterocycles. The van der Waals surface area contributed by atoms with E-state index in [0.29, 0.717) is 53.1 Å². The Kier molecular flexibility index (Phi) is 7.90. The molecule has 1 unspecified atom stereocenters. The summed E-state index contributed by atoms with van der Waals surface area (Å²) < 4.78 is 16.1. The highest BCUT2D eigenvalue weighted by molar-refractivity contribution is 6.07. The Hall–Kier alpha value is -4.26. The van der Waals surface area contributed by atoms with Crippen molar-refractivity contribution in [3.05, 3.63) is 89.5 Å². The third kappa shape index (κ3) is 5.51. The number of para-hydroxylation sites is 1. The molecule has 3 aromatic carbocycles. The van der Waals surface area contributed by atoms with Crippen LogP contribution in [0.4, 0.5) is 5.69 Å². The molecule has 0 aliphatic carbocycles. The van der Waals surface area contributed by atoms with Gasteiger partial charge in [0, 0.05) is 25.1 Å². The van der Waals surface area contributed by atoms with Crippen molar-refractivity contribution in [1.29, 1.82) is 0 Å². The van der Waals surface area contributed by atoms with Gasteiger partial charge in [0.1, 0.15) is 0 Å². The van der Waals surface area contributed by atoms with Crippen LogP contribution in [-0.2, 0) is 4.79 Å². The summed E-state index contributed by atoms with van der Waals surface area (Å²) >= 11 is 0. The van der Waals surface area contributed by atoms with E-state index >= 15 is 0 Å². The average Bonchev–Trinajstić information content (AvgIpc) is 3.42. The third-order valence-corrected chi connectivity index (χ3v) is 6.28. The molecule has 1 fully saturated rings. The number of methoxy groups -OCH3 is 3. The van der Waals surface area contributed by atoms with Crippen LogP contribution in [0.2, 0.25) is 0 Å². The SMILES string of the molecule is COc1cc(/C=C/C(=O)Nc2ccccc2C(=O)N2CCC(c3ccccc3)C2)cc(OC)c1OC. The molecule has 0 bridgehead atoms. The van der Waals surface area contributed by atoms with Crippen molar-refractivity contribution in [1.82, 2.24) is 4.90 Å². The number of likely N-dealkylation sites (tertiary alicyclic amines) is 1. The Labute approximate surface area is 211 Å². The largest absolute Gasteiger partial charge is 0.493 e. The van der Waals surface area contributed by atoms with Crippen LogP contribution < -0.4 is 19.5 Å². The monoisotopic (exact) mass is 486 g/mol. The van der Waals surface area contributed by atoms with E-state index in [-0.39, 0.29) is 11.8 Å². The van der Waals surface area contributed by atoms with Gasteiger partial charge in [-0.3, -0.25) is 9.59 Å². The Morgan fingerprint density at radius 1 is 0.917 bits per heavy atom. The number of ether oxygens (including phenoxy) is 3. The molecule has 1 aliphatic rings. The van der Waals surface area contributed by atoms with Crippen LogP contribution in [-0.4, -0.2) is 51.1 Å². The summed E-state index contributed by atoms with van der Waals surface area (Å²) in [6.07, 6.45) is 3.97. The molecule has 0 spiro atoms. The molecule has 0 aromatic heterocycles. The van der Waals surface area contributed by atoms with Gasteiger partial charge >= 0.3 is 0 Å². The van der Waals surface area contributed by atoms with Crippen LogP contribution in [0.5, 0.6) is 17.2 Å². The van der Waals surface area contributed by atoms with Crippen molar-refractivity contribution < 1.29 is 23.8 Å². The van der Waals surface area contributed by atoms with Gasteiger partial charge in [0.2, 0.25) is 11.7 Å². The Morgan fingerprint density at radius 3 is 2.25 bits per heavy atom. The quantitative estimate of drug-likeness (QED) is 0.454. The second kappa shape index (κ2) is 11.4. The van der Waals surface area contributed by atoms with Crippen molar-refractivity contribution in [2.24, 2.45) is 0 Å². The van der Waals surface area contributed by atoms with Crippen LogP contribution in [0.15, 0.2) is 72.8 Å². The molecule has 7 heteroatoms. The summed E-state index contributed by atoms with van der Waals surface area (Å²) in [4.78, 5) is 27.9. The van der Waals surface area contributed by atoms with Crippen LogP contribution in [0.3, 0.4) is 0 Å². The third-order valence-electron chi connectivity index (χ3n) is 6.28. The van der Waals surface area contributed by atoms with Crippen molar-refractivity contribution in [2.45, 2.75) is 12.3 Å². The minimum Gasteiger partial charge on any atom is -0.493 e. The topological polar surface area (TPSA) is 77.1 Å². The van der Waals surface area contributed by atoms with E-state index in [2.05, 4.69) is 17.4 Å². The number of rotatable bonds is 8. The van der Waals surface area contributed by atoms with E-state index < -0.39 is 0 Å². The summed E-state index contributed by atoms with van der Waals surface area (Å²) in [7, 11) is 4.60. The lowest BCUT2D eigenvalue weighted by Crippen LogP contribution is -2.29. The lowest BCUT2D eigenvalue weighted by Gasteiger charge is -2.19. The predicted molar refractivity (Wildman–Crippen MR) is 140 cm³/mol. The first-order valence-electron chi connectivity index (χ1n) is 11.8. The van der Waals surface area contributed by atoms with Crippen LogP contribution in [0, 0.1) is 0 Å². The van der Waals surface area contributed by atoms with E-state index in [1.165, 1.54) is 33.0 Å². The van der Waals surface area contributed by atoms with Gasteiger partial charge in [-0.1, -0.05) is 42.5 Å². The highest BCUT2D eigenvalue weighted by Gasteiger charge is 2.29. The van der Waals surface area contributed by atoms with Gasteiger partial charge in [-0.25, -0.2) is 0 Å². The molecule has 0 radical (unpaired) electrons. The summed E-state index contributed by atoms with van der Waals surface area (Å²) in [6.45, 7) is 1.34. The van der Waals surface area contributed by atoms with E-state index in [1.807, 2.05) is 23.1 Å². The zero-order chi connectivity index (χ0) is 25.5. The van der Waals surface area contributed by atoms with Gasteiger partial charge in [-0.05, 0) is 47.9 Å². The fourth-order valence-corrected chi connectivity index (χ4v) is 4.43. The van der Waals surface area contributed by atoms with Crippen molar-refractivity contribution in [2.75, 3.05) is 39.7 Å². The van der Waals surface area contributed by atoms with E-state index in [1.54, 1.807) is 42.5 Å². The highest BCUT2D eigenvalue weighted by Crippen LogP contribution is 2.38. The zero-order valence-corrected chi connectivity index (χ0v) is 20.7. The number of nitrogens with zero attached hydrogens (tertiary/aromatic N) is 1. The standard InChI is InChI=1S/C29H30N2O5/c1-34-25-17-20(18-26(35-2)28(25)36-3)13-14-27(32)30-24-12-8-7-11-23(24)29(33)31-16-15-22(19-31)21-9-5-4-6-10-21/h4-14,17-18,22H,15-16,19H2,1-3H3,(H,30,32)/b14-13+. The summed E-state index contributed by atoms with van der Waals surface area (Å²) in [5, 5.41) is 2.85. The zero-order valence-electron chi connectivity index (χ0n) is 20.7. The van der Waals surface area contributed by atoms with Gasteiger partial charge in [-0.15, -0.1) is 0 Å². The normalized spacial score (nSPS) is 15.1. The number of hydrogen-bond donors (Lipinski definition) is 1. The van der Waals surface area contributed by atoms with Gasteiger partial charge in [-0.2, -0.15) is 0 Å². The lowest BCUT2D eigenvalue weighted by molar-refractivity contribution is -0.111. The van der Waals surface area contributed by atoms with Gasteiger partial charge < -0.3 is 24.4 Å². The van der Waals surface area contributed by atoms with Gasteiger partial charge in [0.05, 0.1) is 32.6 Å². The molecular formula is C29H30N2O5. The molecule has 0 saturated carbocycles. The van der Waals surface area contributed by atoms with Crippen molar-refractivity contribution >= 4 is 23.6 Å². The fraction of sp³-hybridized carbons (Fsp3) is 0.241. The fourth-order valence-electron chi connectivity index (χ4n) is 4.43. The number of benzene rings is 3. The number of amides is 2. The minimum atomic E-state index is -0.354. The van der Waals surface area contributed by atoms with E-state index in [4.69, 9.17) is 14.2 Å². The predicted octanol–water partition coefficient (Wildman–Crippen LogP) is 4.99. The van der Waals surface area contributed by atoms with E-state index in [0.717, 1.165) is 6.42 Å². The summed E-state index contributed by atoms with van der Waals surface area (Å²) in [5.74, 6) is 1.34. The molecule has 3 aromatic rings. The first kappa shape index (κ1) is 24.9. The summed E-state index contributed by atoms with van der Waals surface area (Å²) in [6, 6.07) is 20.8. The number of carbonyl (C=O) groups is 2. The molecule has 36 heavy (non-hydrogen) atoms. The Balaban J connectivity index is 1.46. The molecule has 2 amide bonds. The summed E-state index contributed by atoms with van der Waals surface area (Å²) in [5.41, 5.74) is 2.89. The highest BCUT2D eigenvalue weighted by atomic mass is 16.5. The second-order valence-electron chi connectivity index (χ2n) is 8.47. The first-order chi connectivity index (χ1) is 17.5. The van der Waals surface area contributed by atoms with E-state index in [9.17, 15) is 9.59 Å². The Morgan fingerprint density at radius 2 is 1.58 bits per heavy atom. The van der Waals surface area contributed by atoms with Crippen LogP contribution in [0.25, 0.3) is 6.08 Å². The second-order valence-corrected chi connectivity index (χ2v) is 8.47. The maximum Gasteiger partial charge on any atom is 0.255 e. The maximum atomic E-state index is 13.3. The molecular weight excluding hydrogens is 456 g/mol. The number of hydrogen-bond acceptors (Lipinski definition) is 5. The average molecular weight is 487 g/mol. The minimum absolute atomic E-state index is 0.0852. The van der Waals surface area contributed by atoms with Gasteiger partial charge in [0.25, 0.3) is 5.91 Å².